The van der Waals surface area contributed by atoms with Crippen molar-refractivity contribution in [3.63, 3.8) is 0 Å². The summed E-state index contributed by atoms with van der Waals surface area (Å²) in [7, 11) is 0. The van der Waals surface area contributed by atoms with Gasteiger partial charge in [0.1, 0.15) is 0 Å². The minimum absolute atomic E-state index is 0. The van der Waals surface area contributed by atoms with Crippen LogP contribution in [0.15, 0.2) is 0 Å². The van der Waals surface area contributed by atoms with E-state index >= 15 is 0 Å². The Morgan fingerprint density at radius 2 is 1.25 bits per heavy atom. The van der Waals surface area contributed by atoms with E-state index in [1.54, 1.807) is 0 Å². The Morgan fingerprint density at radius 3 is 1.25 bits per heavy atom. The molecule has 0 bridgehead atoms. The van der Waals surface area contributed by atoms with Gasteiger partial charge >= 0.3 is 62.2 Å². The second-order valence-electron chi connectivity index (χ2n) is 0. The summed E-state index contributed by atoms with van der Waals surface area (Å²) in [5, 5.41) is 0. The summed E-state index contributed by atoms with van der Waals surface area (Å²) >= 11 is -0.0918. The molecular weight excluding hydrogens is 288 g/mol. The summed E-state index contributed by atoms with van der Waals surface area (Å²) in [5.41, 5.74) is 0. The van der Waals surface area contributed by atoms with Gasteiger partial charge in [-0.05, 0) is 0 Å². The molecule has 0 aromatic heterocycles. The zero-order valence-electron chi connectivity index (χ0n) is 2.36. The predicted molar refractivity (Wildman–Crippen MR) is 9.77 cm³/mol. The van der Waals surface area contributed by atoms with E-state index in [1.807, 2.05) is 0 Å². The van der Waals surface area contributed by atoms with Gasteiger partial charge in [0.05, 0.1) is 0 Å². The van der Waals surface area contributed by atoms with Crippen molar-refractivity contribution >= 4 is 23.1 Å². The molecule has 0 rings (SSSR count). The number of rotatable bonds is 0. The third kappa shape index (κ3) is 9.14. The van der Waals surface area contributed by atoms with Gasteiger partial charge in [-0.3, -0.25) is 0 Å². The molecule has 2 nitrogen and oxygen atoms in total. The van der Waals surface area contributed by atoms with Crippen LogP contribution in [0.3, 0.4) is 0 Å². The van der Waals surface area contributed by atoms with E-state index in [-0.39, 0.29) is 66.5 Å². The molecule has 0 unspecified atom stereocenters. The van der Waals surface area contributed by atoms with E-state index in [1.165, 1.54) is 0 Å². The van der Waals surface area contributed by atoms with Gasteiger partial charge in [-0.15, -0.1) is 0 Å². The summed E-state index contributed by atoms with van der Waals surface area (Å²) in [6.07, 6.45) is 0. The average molecular weight is 290 g/mol. The fraction of sp³-hybridized carbons (Fsp3) is 0. The standard InChI is InChI=1S/Mg.H2O.O.Th.H/h;1H2;;;/q+1;;;;/p-1. The molecule has 20 valence electrons. The molecule has 4 heavy (non-hydrogen) atoms. The molecule has 0 aliphatic rings. The topological polar surface area (TPSA) is 47.1 Å². The first-order valence-corrected chi connectivity index (χ1v) is 1.88. The molecule has 0 atom stereocenters. The van der Waals surface area contributed by atoms with Gasteiger partial charge in [-0.2, -0.15) is 0 Å². The van der Waals surface area contributed by atoms with Crippen molar-refractivity contribution in [2.75, 3.05) is 0 Å². The van der Waals surface area contributed by atoms with Crippen LogP contribution in [-0.4, -0.2) is 28.5 Å². The Kier molecular flexibility index (Phi) is 88.9. The zero-order valence-corrected chi connectivity index (χ0v) is 8.47. The molecule has 0 heterocycles. The van der Waals surface area contributed by atoms with Gasteiger partial charge in [0.25, 0.3) is 0 Å². The predicted octanol–water partition coefficient (Wildman–Crippen LogP) is -0.944. The second-order valence-corrected chi connectivity index (χ2v) is 0. The normalized spacial score (nSPS) is 1.50. The van der Waals surface area contributed by atoms with Crippen molar-refractivity contribution in [3.8, 4) is 0 Å². The molecule has 0 amide bonds. The Balaban J connectivity index is -0.00000000500. The van der Waals surface area contributed by atoms with Crippen LogP contribution in [0.25, 0.3) is 0 Å². The van der Waals surface area contributed by atoms with Crippen LogP contribution >= 0.6 is 0 Å². The van der Waals surface area contributed by atoms with Crippen molar-refractivity contribution < 1.29 is 44.7 Å². The van der Waals surface area contributed by atoms with Gasteiger partial charge in [-0.1, -0.05) is 0 Å². The third-order valence-corrected chi connectivity index (χ3v) is 0. The van der Waals surface area contributed by atoms with Crippen molar-refractivity contribution in [1.29, 1.82) is 0 Å². The molecule has 0 aliphatic carbocycles. The molecule has 0 radical (unpaired) electrons. The first-order valence-electron chi connectivity index (χ1n) is 0.204. The Bertz CT molecular complexity index is 6.00. The number of hydrogen-bond donors (Lipinski definition) is 0. The van der Waals surface area contributed by atoms with Gasteiger partial charge in [0.2, 0.25) is 0 Å². The average Bonchev–Trinajstić information content (AvgIpc) is 1.00. The summed E-state index contributed by atoms with van der Waals surface area (Å²) in [6, 6.07) is 0. The Labute approximate surface area is 66.6 Å². The fourth-order valence-electron chi connectivity index (χ4n) is 0. The summed E-state index contributed by atoms with van der Waals surface area (Å²) < 4.78 is 8.42. The molecular formula is H2MgO2Th. The summed E-state index contributed by atoms with van der Waals surface area (Å²) in [6.45, 7) is 0. The second kappa shape index (κ2) is 21.0. The quantitative estimate of drug-likeness (QED) is 0.540. The number of hydrogen-bond acceptors (Lipinski definition) is 2. The maximum atomic E-state index is 8.42. The molecule has 4 heteroatoms. The van der Waals surface area contributed by atoms with Crippen LogP contribution in [0.2, 0.25) is 0 Å². The Morgan fingerprint density at radius 1 is 1.25 bits per heavy atom. The molecule has 0 saturated heterocycles. The van der Waals surface area contributed by atoms with Crippen LogP contribution in [-0.2, 0) is 1.16 Å². The van der Waals surface area contributed by atoms with Gasteiger partial charge in [-0.25, -0.2) is 0 Å². The maximum absolute atomic E-state index is 8.42. The first-order chi connectivity index (χ1) is 1.00. The van der Waals surface area contributed by atoms with Gasteiger partial charge in [0, 0.05) is 0 Å². The SMILES string of the molecule is [MgH+].[OH-].[O]=[Th]. The van der Waals surface area contributed by atoms with Crippen LogP contribution in [0, 0.1) is 38.0 Å². The van der Waals surface area contributed by atoms with Crippen molar-refractivity contribution in [1.82, 2.24) is 0 Å². The van der Waals surface area contributed by atoms with E-state index in [4.69, 9.17) is 1.16 Å². The summed E-state index contributed by atoms with van der Waals surface area (Å²) in [5.74, 6) is 0. The zero-order chi connectivity index (χ0) is 2.00. The molecule has 0 aromatic rings. The molecule has 0 aromatic carbocycles. The third-order valence-electron chi connectivity index (χ3n) is 0. The van der Waals surface area contributed by atoms with Gasteiger partial charge < -0.3 is 5.48 Å². The van der Waals surface area contributed by atoms with E-state index in [0.717, 1.165) is 0 Å². The molecule has 0 aliphatic heterocycles. The molecule has 1 N–H and O–H groups in total. The van der Waals surface area contributed by atoms with Crippen molar-refractivity contribution in [2.45, 2.75) is 0 Å². The fourth-order valence-corrected chi connectivity index (χ4v) is 0. The van der Waals surface area contributed by atoms with Gasteiger partial charge in [0.15, 0.2) is 0 Å². The van der Waals surface area contributed by atoms with Crippen LogP contribution in [0.4, 0.5) is 0 Å². The van der Waals surface area contributed by atoms with Crippen LogP contribution < -0.4 is 0 Å². The first kappa shape index (κ1) is 16.9. The molecule has 0 fully saturated rings. The Hall–Kier alpha value is 1.85. The minimum atomic E-state index is -0.0918. The van der Waals surface area contributed by atoms with Crippen molar-refractivity contribution in [3.05, 3.63) is 0 Å². The molecule has 0 spiro atoms. The van der Waals surface area contributed by atoms with E-state index < -0.39 is 0 Å². The van der Waals surface area contributed by atoms with Crippen LogP contribution in [0.5, 0.6) is 0 Å². The summed E-state index contributed by atoms with van der Waals surface area (Å²) in [4.78, 5) is 0. The van der Waals surface area contributed by atoms with E-state index in [0.29, 0.717) is 0 Å². The van der Waals surface area contributed by atoms with Crippen molar-refractivity contribution in [2.24, 2.45) is 0 Å². The molecule has 0 saturated carbocycles. The van der Waals surface area contributed by atoms with Crippen LogP contribution in [0.1, 0.15) is 0 Å². The van der Waals surface area contributed by atoms with E-state index in [9.17, 15) is 0 Å². The van der Waals surface area contributed by atoms with E-state index in [2.05, 4.69) is 0 Å². The monoisotopic (exact) mass is 290 g/mol.